The number of benzene rings is 2. The molecular formula is C16H13Cl3O2. The summed E-state index contributed by atoms with van der Waals surface area (Å²) in [6, 6.07) is 8.71. The summed E-state index contributed by atoms with van der Waals surface area (Å²) < 4.78 is 5.46. The average Bonchev–Trinajstić information content (AvgIpc) is 2.43. The molecule has 0 aliphatic heterocycles. The highest BCUT2D eigenvalue weighted by molar-refractivity contribution is 6.43. The lowest BCUT2D eigenvalue weighted by Crippen LogP contribution is -2.13. The highest BCUT2D eigenvalue weighted by Crippen LogP contribution is 2.33. The van der Waals surface area contributed by atoms with Gasteiger partial charge in [-0.1, -0.05) is 52.5 Å². The second kappa shape index (κ2) is 6.69. The third kappa shape index (κ3) is 3.91. The Morgan fingerprint density at radius 1 is 1.00 bits per heavy atom. The van der Waals surface area contributed by atoms with Crippen molar-refractivity contribution in [3.05, 3.63) is 62.1 Å². The van der Waals surface area contributed by atoms with Gasteiger partial charge in [0.15, 0.2) is 12.4 Å². The van der Waals surface area contributed by atoms with Gasteiger partial charge < -0.3 is 4.74 Å². The summed E-state index contributed by atoms with van der Waals surface area (Å²) in [5, 5.41) is 0.989. The molecule has 2 aromatic carbocycles. The maximum atomic E-state index is 12.2. The zero-order valence-electron chi connectivity index (χ0n) is 11.5. The van der Waals surface area contributed by atoms with Crippen molar-refractivity contribution in [3.63, 3.8) is 0 Å². The number of Topliss-reactive ketones (excluding diaryl/α,β-unsaturated/α-hetero) is 1. The molecule has 2 nitrogen and oxygen atoms in total. The Morgan fingerprint density at radius 3 is 2.38 bits per heavy atom. The minimum atomic E-state index is -0.113. The lowest BCUT2D eigenvalue weighted by molar-refractivity contribution is 0.0921. The monoisotopic (exact) mass is 342 g/mol. The standard InChI is InChI=1S/C16H13Cl3O2/c1-9-3-4-10(2)11(5-9)15(20)8-21-16-7-13(18)12(17)6-14(16)19/h3-7H,8H2,1-2H3. The molecule has 0 saturated heterocycles. The quantitative estimate of drug-likeness (QED) is 0.539. The third-order valence-corrected chi connectivity index (χ3v) is 4.04. The van der Waals surface area contributed by atoms with Crippen LogP contribution in [0.5, 0.6) is 5.75 Å². The van der Waals surface area contributed by atoms with Crippen molar-refractivity contribution in [2.24, 2.45) is 0 Å². The molecule has 0 fully saturated rings. The summed E-state index contributed by atoms with van der Waals surface area (Å²) in [5.74, 6) is 0.225. The van der Waals surface area contributed by atoms with Crippen LogP contribution >= 0.6 is 34.8 Å². The molecule has 21 heavy (non-hydrogen) atoms. The Hall–Kier alpha value is -1.22. The minimum absolute atomic E-state index is 0.109. The number of ether oxygens (including phenoxy) is 1. The van der Waals surface area contributed by atoms with Crippen LogP contribution in [0.25, 0.3) is 0 Å². The largest absolute Gasteiger partial charge is 0.484 e. The summed E-state index contributed by atoms with van der Waals surface area (Å²) in [4.78, 5) is 12.2. The van der Waals surface area contributed by atoms with Crippen molar-refractivity contribution in [2.75, 3.05) is 6.61 Å². The predicted octanol–water partition coefficient (Wildman–Crippen LogP) is 5.53. The number of hydrogen-bond acceptors (Lipinski definition) is 2. The number of ketones is 1. The molecule has 5 heteroatoms. The van der Waals surface area contributed by atoms with E-state index in [1.165, 1.54) is 12.1 Å². The van der Waals surface area contributed by atoms with Crippen LogP contribution in [0, 0.1) is 13.8 Å². The van der Waals surface area contributed by atoms with Gasteiger partial charge in [-0.15, -0.1) is 0 Å². The first kappa shape index (κ1) is 16.2. The second-order valence-corrected chi connectivity index (χ2v) is 5.95. The number of hydrogen-bond donors (Lipinski definition) is 0. The van der Waals surface area contributed by atoms with Crippen LogP contribution in [0.15, 0.2) is 30.3 Å². The fraction of sp³-hybridized carbons (Fsp3) is 0.188. The molecule has 0 heterocycles. The van der Waals surface area contributed by atoms with Crippen LogP contribution in [0.3, 0.4) is 0 Å². The zero-order chi connectivity index (χ0) is 15.6. The van der Waals surface area contributed by atoms with E-state index in [9.17, 15) is 4.79 Å². The molecule has 110 valence electrons. The van der Waals surface area contributed by atoms with E-state index in [1.807, 2.05) is 32.0 Å². The number of carbonyl (C=O) groups is 1. The molecule has 0 bridgehead atoms. The van der Waals surface area contributed by atoms with E-state index in [2.05, 4.69) is 0 Å². The summed E-state index contributed by atoms with van der Waals surface area (Å²) in [6.07, 6.45) is 0. The Bertz CT molecular complexity index is 696. The van der Waals surface area contributed by atoms with Crippen LogP contribution in [-0.2, 0) is 0 Å². The van der Waals surface area contributed by atoms with Crippen molar-refractivity contribution in [1.82, 2.24) is 0 Å². The average molecular weight is 344 g/mol. The minimum Gasteiger partial charge on any atom is -0.484 e. The Labute approximate surface area is 138 Å². The van der Waals surface area contributed by atoms with Crippen molar-refractivity contribution in [3.8, 4) is 5.75 Å². The maximum absolute atomic E-state index is 12.2. The van der Waals surface area contributed by atoms with E-state index in [-0.39, 0.29) is 12.4 Å². The zero-order valence-corrected chi connectivity index (χ0v) is 13.8. The van der Waals surface area contributed by atoms with Gasteiger partial charge in [-0.25, -0.2) is 0 Å². The molecule has 0 unspecified atom stereocenters. The van der Waals surface area contributed by atoms with Crippen LogP contribution in [0.1, 0.15) is 21.5 Å². The topological polar surface area (TPSA) is 26.3 Å². The highest BCUT2D eigenvalue weighted by Gasteiger charge is 2.13. The van der Waals surface area contributed by atoms with Gasteiger partial charge in [-0.3, -0.25) is 4.79 Å². The molecule has 0 atom stereocenters. The molecular weight excluding hydrogens is 331 g/mol. The van der Waals surface area contributed by atoms with Gasteiger partial charge in [0.2, 0.25) is 0 Å². The Morgan fingerprint density at radius 2 is 1.67 bits per heavy atom. The SMILES string of the molecule is Cc1ccc(C)c(C(=O)COc2cc(Cl)c(Cl)cc2Cl)c1. The summed E-state index contributed by atoms with van der Waals surface area (Å²) in [7, 11) is 0. The number of halogens is 3. The summed E-state index contributed by atoms with van der Waals surface area (Å²) in [5.41, 5.74) is 2.58. The third-order valence-electron chi connectivity index (χ3n) is 3.03. The second-order valence-electron chi connectivity index (χ2n) is 4.73. The Kier molecular flexibility index (Phi) is 5.15. The van der Waals surface area contributed by atoms with Gasteiger partial charge in [-0.05, 0) is 31.5 Å². The van der Waals surface area contributed by atoms with Crippen LogP contribution in [-0.4, -0.2) is 12.4 Å². The van der Waals surface area contributed by atoms with E-state index in [0.717, 1.165) is 11.1 Å². The lowest BCUT2D eigenvalue weighted by Gasteiger charge is -2.10. The number of rotatable bonds is 4. The first-order valence-corrected chi connectivity index (χ1v) is 7.39. The molecule has 0 spiro atoms. The normalized spacial score (nSPS) is 10.5. The van der Waals surface area contributed by atoms with Crippen LogP contribution in [0.2, 0.25) is 15.1 Å². The van der Waals surface area contributed by atoms with Gasteiger partial charge in [0.1, 0.15) is 5.75 Å². The van der Waals surface area contributed by atoms with Gasteiger partial charge in [0, 0.05) is 11.6 Å². The molecule has 0 aromatic heterocycles. The molecule has 2 aromatic rings. The molecule has 2 rings (SSSR count). The first-order chi connectivity index (χ1) is 9.88. The van der Waals surface area contributed by atoms with E-state index >= 15 is 0 Å². The van der Waals surface area contributed by atoms with Crippen molar-refractivity contribution in [2.45, 2.75) is 13.8 Å². The van der Waals surface area contributed by atoms with Gasteiger partial charge >= 0.3 is 0 Å². The first-order valence-electron chi connectivity index (χ1n) is 6.26. The molecule has 0 saturated carbocycles. The van der Waals surface area contributed by atoms with Crippen molar-refractivity contribution >= 4 is 40.6 Å². The fourth-order valence-electron chi connectivity index (χ4n) is 1.87. The van der Waals surface area contributed by atoms with Crippen molar-refractivity contribution < 1.29 is 9.53 Å². The van der Waals surface area contributed by atoms with Gasteiger partial charge in [-0.2, -0.15) is 0 Å². The Balaban J connectivity index is 2.15. The summed E-state index contributed by atoms with van der Waals surface area (Å²) in [6.45, 7) is 3.72. The van der Waals surface area contributed by atoms with Gasteiger partial charge in [0.05, 0.1) is 15.1 Å². The van der Waals surface area contributed by atoms with Crippen molar-refractivity contribution in [1.29, 1.82) is 0 Å². The molecule has 0 aliphatic rings. The fourth-order valence-corrected chi connectivity index (χ4v) is 2.46. The highest BCUT2D eigenvalue weighted by atomic mass is 35.5. The summed E-state index contributed by atoms with van der Waals surface area (Å²) >= 11 is 17.8. The molecule has 0 N–H and O–H groups in total. The van der Waals surface area contributed by atoms with E-state index < -0.39 is 0 Å². The van der Waals surface area contributed by atoms with E-state index in [0.29, 0.717) is 26.4 Å². The molecule has 0 aliphatic carbocycles. The number of carbonyl (C=O) groups excluding carboxylic acids is 1. The molecule has 0 radical (unpaired) electrons. The van der Waals surface area contributed by atoms with Gasteiger partial charge in [0.25, 0.3) is 0 Å². The van der Waals surface area contributed by atoms with E-state index in [4.69, 9.17) is 39.5 Å². The van der Waals surface area contributed by atoms with Crippen LogP contribution in [0.4, 0.5) is 0 Å². The molecule has 0 amide bonds. The lowest BCUT2D eigenvalue weighted by atomic mass is 10.0. The van der Waals surface area contributed by atoms with E-state index in [1.54, 1.807) is 0 Å². The maximum Gasteiger partial charge on any atom is 0.200 e. The predicted molar refractivity (Wildman–Crippen MR) is 87.2 cm³/mol. The van der Waals surface area contributed by atoms with Crippen LogP contribution < -0.4 is 4.74 Å². The number of aryl methyl sites for hydroxylation is 2. The smallest absolute Gasteiger partial charge is 0.200 e.